The summed E-state index contributed by atoms with van der Waals surface area (Å²) >= 11 is 0. The number of carbonyl (C=O) groups excluding carboxylic acids is 2. The van der Waals surface area contributed by atoms with E-state index >= 15 is 0 Å². The summed E-state index contributed by atoms with van der Waals surface area (Å²) in [5, 5.41) is 23.2. The maximum absolute atomic E-state index is 12.4. The number of nitrogens with one attached hydrogen (secondary N) is 1. The minimum atomic E-state index is -0.660. The largest absolute Gasteiger partial charge is 0.466 e. The average Bonchev–Trinajstić information content (AvgIpc) is 3.36. The number of aliphatic hydroxyl groups is 2. The van der Waals surface area contributed by atoms with Crippen molar-refractivity contribution in [2.24, 2.45) is 0 Å². The van der Waals surface area contributed by atoms with Crippen molar-refractivity contribution in [2.45, 2.75) is 360 Å². The van der Waals surface area contributed by atoms with Crippen molar-refractivity contribution in [1.82, 2.24) is 5.32 Å². The number of amides is 1. The van der Waals surface area contributed by atoms with Gasteiger partial charge < -0.3 is 20.3 Å². The zero-order chi connectivity index (χ0) is 50.7. The summed E-state index contributed by atoms with van der Waals surface area (Å²) in [7, 11) is 0. The van der Waals surface area contributed by atoms with E-state index in [1.165, 1.54) is 270 Å². The van der Waals surface area contributed by atoms with Gasteiger partial charge in [0.1, 0.15) is 0 Å². The number of aliphatic hydroxyl groups excluding tert-OH is 2. The van der Waals surface area contributed by atoms with Crippen LogP contribution in [0, 0.1) is 0 Å². The molecule has 0 rings (SSSR count). The second-order valence-corrected chi connectivity index (χ2v) is 21.7. The molecule has 0 aromatic heterocycles. The maximum Gasteiger partial charge on any atom is 0.305 e. The van der Waals surface area contributed by atoms with E-state index in [4.69, 9.17) is 4.74 Å². The predicted octanol–water partition coefficient (Wildman–Crippen LogP) is 19.8. The molecular formula is C64H123NO5. The Kier molecular flexibility index (Phi) is 58.5. The van der Waals surface area contributed by atoms with Crippen LogP contribution in [0.1, 0.15) is 348 Å². The standard InChI is InChI=1S/C64H123NO5/c1-3-5-7-9-11-13-15-38-42-46-50-54-58-64(69)70-59-55-51-47-43-39-36-34-32-30-28-26-24-22-20-18-16-17-19-21-23-25-27-29-31-33-35-37-41-45-49-53-57-63(68)65-61(60-66)62(67)56-52-48-44-40-14-12-10-8-6-4-2/h11,13,18,20,61-62,66-67H,3-10,12,14-17,19,21-60H2,1-2H3,(H,65,68)/b13-11-,20-18-. The van der Waals surface area contributed by atoms with Crippen LogP contribution < -0.4 is 5.32 Å². The molecule has 0 aromatic rings. The summed E-state index contributed by atoms with van der Waals surface area (Å²) in [5.74, 6) is -0.0257. The Morgan fingerprint density at radius 1 is 0.386 bits per heavy atom. The van der Waals surface area contributed by atoms with E-state index in [9.17, 15) is 19.8 Å². The Morgan fingerprint density at radius 3 is 1.04 bits per heavy atom. The lowest BCUT2D eigenvalue weighted by molar-refractivity contribution is -0.143. The zero-order valence-corrected chi connectivity index (χ0v) is 47.3. The SMILES string of the molecule is CCCCC/C=C\CCCCCCCC(=O)OCCCCCCCCCCCCCC/C=C\CCCCCCCCCCCCCCCCCC(=O)NC(CO)C(O)CCCCCCCCCCCC. The number of rotatable bonds is 59. The first kappa shape index (κ1) is 68.3. The lowest BCUT2D eigenvalue weighted by atomic mass is 10.0. The van der Waals surface area contributed by atoms with Gasteiger partial charge in [-0.3, -0.25) is 9.59 Å². The Hall–Kier alpha value is -1.66. The molecule has 0 aliphatic carbocycles. The van der Waals surface area contributed by atoms with E-state index in [1.807, 2.05) is 0 Å². The predicted molar refractivity (Wildman–Crippen MR) is 306 cm³/mol. The Labute approximate surface area is 437 Å². The minimum absolute atomic E-state index is 0.00763. The summed E-state index contributed by atoms with van der Waals surface area (Å²) in [6.07, 6.45) is 73.6. The molecule has 0 spiro atoms. The van der Waals surface area contributed by atoms with Crippen LogP contribution in [-0.4, -0.2) is 47.4 Å². The molecule has 0 saturated carbocycles. The molecule has 0 bridgehead atoms. The molecule has 2 unspecified atom stereocenters. The first-order chi connectivity index (χ1) is 34.5. The number of hydrogen-bond acceptors (Lipinski definition) is 5. The van der Waals surface area contributed by atoms with Crippen LogP contribution in [0.5, 0.6) is 0 Å². The number of esters is 1. The van der Waals surface area contributed by atoms with Gasteiger partial charge >= 0.3 is 5.97 Å². The summed E-state index contributed by atoms with van der Waals surface area (Å²) in [6, 6.07) is -0.537. The van der Waals surface area contributed by atoms with Gasteiger partial charge in [0.25, 0.3) is 0 Å². The molecular weight excluding hydrogens is 863 g/mol. The molecule has 70 heavy (non-hydrogen) atoms. The molecule has 414 valence electrons. The topological polar surface area (TPSA) is 95.9 Å². The van der Waals surface area contributed by atoms with E-state index in [2.05, 4.69) is 43.5 Å². The number of hydrogen-bond donors (Lipinski definition) is 3. The van der Waals surface area contributed by atoms with Gasteiger partial charge in [0.05, 0.1) is 25.4 Å². The molecule has 3 N–H and O–H groups in total. The maximum atomic E-state index is 12.4. The smallest absolute Gasteiger partial charge is 0.305 e. The van der Waals surface area contributed by atoms with Crippen LogP contribution in [-0.2, 0) is 14.3 Å². The van der Waals surface area contributed by atoms with Crippen LogP contribution >= 0.6 is 0 Å². The van der Waals surface area contributed by atoms with Crippen LogP contribution in [0.2, 0.25) is 0 Å². The third kappa shape index (κ3) is 55.7. The van der Waals surface area contributed by atoms with Gasteiger partial charge in [0, 0.05) is 12.8 Å². The van der Waals surface area contributed by atoms with Crippen molar-refractivity contribution in [3.8, 4) is 0 Å². The van der Waals surface area contributed by atoms with Crippen LogP contribution in [0.15, 0.2) is 24.3 Å². The minimum Gasteiger partial charge on any atom is -0.466 e. The third-order valence-corrected chi connectivity index (χ3v) is 14.7. The Balaban J connectivity index is 3.33. The Morgan fingerprint density at radius 2 is 0.671 bits per heavy atom. The van der Waals surface area contributed by atoms with Gasteiger partial charge in [-0.15, -0.1) is 0 Å². The first-order valence-electron chi connectivity index (χ1n) is 31.6. The van der Waals surface area contributed by atoms with E-state index in [0.29, 0.717) is 25.9 Å². The summed E-state index contributed by atoms with van der Waals surface area (Å²) < 4.78 is 5.47. The van der Waals surface area contributed by atoms with Crippen molar-refractivity contribution in [1.29, 1.82) is 0 Å². The van der Waals surface area contributed by atoms with Gasteiger partial charge in [-0.1, -0.05) is 282 Å². The Bertz CT molecular complexity index is 1090. The van der Waals surface area contributed by atoms with Gasteiger partial charge in [-0.25, -0.2) is 0 Å². The van der Waals surface area contributed by atoms with Gasteiger partial charge in [0.2, 0.25) is 5.91 Å². The molecule has 0 fully saturated rings. The van der Waals surface area contributed by atoms with Gasteiger partial charge in [-0.05, 0) is 77.0 Å². The molecule has 6 heteroatoms. The molecule has 0 aliphatic heterocycles. The second kappa shape index (κ2) is 59.9. The molecule has 1 amide bonds. The normalized spacial score (nSPS) is 12.7. The highest BCUT2D eigenvalue weighted by Crippen LogP contribution is 2.18. The molecule has 0 aliphatic rings. The molecule has 0 radical (unpaired) electrons. The quantitative estimate of drug-likeness (QED) is 0.0321. The summed E-state index contributed by atoms with van der Waals surface area (Å²) in [5.41, 5.74) is 0. The molecule has 0 heterocycles. The highest BCUT2D eigenvalue weighted by atomic mass is 16.5. The number of carbonyl (C=O) groups is 2. The molecule has 2 atom stereocenters. The first-order valence-corrected chi connectivity index (χ1v) is 31.6. The lowest BCUT2D eigenvalue weighted by Crippen LogP contribution is -2.45. The van der Waals surface area contributed by atoms with Crippen LogP contribution in [0.25, 0.3) is 0 Å². The van der Waals surface area contributed by atoms with Crippen molar-refractivity contribution in [3.63, 3.8) is 0 Å². The monoisotopic (exact) mass is 986 g/mol. The fourth-order valence-electron chi connectivity index (χ4n) is 9.87. The molecule has 0 aromatic carbocycles. The second-order valence-electron chi connectivity index (χ2n) is 21.7. The lowest BCUT2D eigenvalue weighted by Gasteiger charge is -2.22. The highest BCUT2D eigenvalue weighted by molar-refractivity contribution is 5.76. The van der Waals surface area contributed by atoms with E-state index in [0.717, 1.165) is 44.9 Å². The van der Waals surface area contributed by atoms with Crippen molar-refractivity contribution in [2.75, 3.05) is 13.2 Å². The van der Waals surface area contributed by atoms with Crippen LogP contribution in [0.4, 0.5) is 0 Å². The van der Waals surface area contributed by atoms with Gasteiger partial charge in [-0.2, -0.15) is 0 Å². The summed E-state index contributed by atoms with van der Waals surface area (Å²) in [4.78, 5) is 24.4. The van der Waals surface area contributed by atoms with Crippen molar-refractivity contribution < 1.29 is 24.5 Å². The zero-order valence-electron chi connectivity index (χ0n) is 47.3. The van der Waals surface area contributed by atoms with E-state index in [1.54, 1.807) is 0 Å². The average molecular weight is 987 g/mol. The molecule has 6 nitrogen and oxygen atoms in total. The van der Waals surface area contributed by atoms with Crippen molar-refractivity contribution >= 4 is 11.9 Å². The fraction of sp³-hybridized carbons (Fsp3) is 0.906. The fourth-order valence-corrected chi connectivity index (χ4v) is 9.87. The summed E-state index contributed by atoms with van der Waals surface area (Å²) in [6.45, 7) is 4.93. The highest BCUT2D eigenvalue weighted by Gasteiger charge is 2.20. The van der Waals surface area contributed by atoms with Gasteiger partial charge in [0.15, 0.2) is 0 Å². The third-order valence-electron chi connectivity index (χ3n) is 14.7. The van der Waals surface area contributed by atoms with E-state index in [-0.39, 0.29) is 18.5 Å². The van der Waals surface area contributed by atoms with Crippen LogP contribution in [0.3, 0.4) is 0 Å². The molecule has 0 saturated heterocycles. The van der Waals surface area contributed by atoms with E-state index < -0.39 is 12.1 Å². The number of allylic oxidation sites excluding steroid dienone is 4. The van der Waals surface area contributed by atoms with Crippen molar-refractivity contribution in [3.05, 3.63) is 24.3 Å². The number of unbranched alkanes of at least 4 members (excludes halogenated alkanes) is 44. The number of ether oxygens (including phenoxy) is 1.